The predicted octanol–water partition coefficient (Wildman–Crippen LogP) is 4.95. The molecule has 0 aliphatic carbocycles. The number of benzene rings is 2. The van der Waals surface area contributed by atoms with Crippen LogP contribution in [-0.2, 0) is 27.4 Å². The van der Waals surface area contributed by atoms with Crippen molar-refractivity contribution in [2.24, 2.45) is 0 Å². The van der Waals surface area contributed by atoms with Gasteiger partial charge in [-0.15, -0.1) is 0 Å². The van der Waals surface area contributed by atoms with E-state index in [4.69, 9.17) is 18.6 Å². The SMILES string of the molecule is CC1(C)O[C@@H]([C@@H](c2ccco2)N(O)Cc2ccccc2)[C@H](COCc2ccccc2)O1. The highest BCUT2D eigenvalue weighted by molar-refractivity contribution is 5.16. The van der Waals surface area contributed by atoms with Crippen molar-refractivity contribution in [1.82, 2.24) is 5.06 Å². The fourth-order valence-corrected chi connectivity index (χ4v) is 3.93. The third kappa shape index (κ3) is 5.61. The van der Waals surface area contributed by atoms with E-state index in [1.54, 1.807) is 12.3 Å². The zero-order valence-corrected chi connectivity index (χ0v) is 17.9. The molecule has 2 heterocycles. The Balaban J connectivity index is 1.51. The highest BCUT2D eigenvalue weighted by atomic mass is 16.8. The first-order chi connectivity index (χ1) is 15.0. The van der Waals surface area contributed by atoms with E-state index in [0.29, 0.717) is 25.5 Å². The molecule has 6 heteroatoms. The Morgan fingerprint density at radius 1 is 0.935 bits per heavy atom. The van der Waals surface area contributed by atoms with E-state index in [1.165, 1.54) is 5.06 Å². The number of hydrogen-bond donors (Lipinski definition) is 1. The number of rotatable bonds is 9. The molecule has 0 bridgehead atoms. The van der Waals surface area contributed by atoms with Gasteiger partial charge >= 0.3 is 0 Å². The molecule has 1 aromatic heterocycles. The van der Waals surface area contributed by atoms with Crippen molar-refractivity contribution >= 4 is 0 Å². The van der Waals surface area contributed by atoms with Crippen LogP contribution in [0.25, 0.3) is 0 Å². The van der Waals surface area contributed by atoms with Crippen LogP contribution in [0.2, 0.25) is 0 Å². The molecule has 1 fully saturated rings. The van der Waals surface area contributed by atoms with Crippen LogP contribution in [-0.4, -0.2) is 34.9 Å². The summed E-state index contributed by atoms with van der Waals surface area (Å²) in [6, 6.07) is 22.9. The molecule has 3 aromatic rings. The molecule has 0 unspecified atom stereocenters. The van der Waals surface area contributed by atoms with Crippen molar-refractivity contribution in [3.63, 3.8) is 0 Å². The monoisotopic (exact) mass is 423 g/mol. The van der Waals surface area contributed by atoms with Crippen LogP contribution >= 0.6 is 0 Å². The molecular weight excluding hydrogens is 394 g/mol. The summed E-state index contributed by atoms with van der Waals surface area (Å²) in [5, 5.41) is 12.3. The molecule has 4 rings (SSSR count). The molecular formula is C25H29NO5. The van der Waals surface area contributed by atoms with Crippen LogP contribution in [0, 0.1) is 0 Å². The quantitative estimate of drug-likeness (QED) is 0.492. The lowest BCUT2D eigenvalue weighted by atomic mass is 10.0. The minimum absolute atomic E-state index is 0.323. The van der Waals surface area contributed by atoms with E-state index in [0.717, 1.165) is 11.1 Å². The van der Waals surface area contributed by atoms with Gasteiger partial charge in [-0.3, -0.25) is 0 Å². The van der Waals surface area contributed by atoms with Gasteiger partial charge in [0.05, 0.1) is 19.5 Å². The van der Waals surface area contributed by atoms with Gasteiger partial charge in [0.2, 0.25) is 0 Å². The van der Waals surface area contributed by atoms with E-state index in [1.807, 2.05) is 80.6 Å². The zero-order chi connectivity index (χ0) is 21.7. The Labute approximate surface area is 182 Å². The van der Waals surface area contributed by atoms with Crippen molar-refractivity contribution in [1.29, 1.82) is 0 Å². The molecule has 0 saturated carbocycles. The largest absolute Gasteiger partial charge is 0.467 e. The van der Waals surface area contributed by atoms with Crippen LogP contribution in [0.5, 0.6) is 0 Å². The third-order valence-corrected chi connectivity index (χ3v) is 5.27. The maximum Gasteiger partial charge on any atom is 0.163 e. The summed E-state index contributed by atoms with van der Waals surface area (Å²) < 4.78 is 24.0. The van der Waals surface area contributed by atoms with Crippen LogP contribution in [0.4, 0.5) is 0 Å². The second-order valence-corrected chi connectivity index (χ2v) is 8.18. The Hall–Kier alpha value is -2.48. The standard InChI is InChI=1S/C25H29NO5/c1-25(2)30-22(18-28-17-20-12-7-4-8-13-20)24(31-25)23(21-14-9-15-29-21)26(27)16-19-10-5-3-6-11-19/h3-15,22-24,27H,16-18H2,1-2H3/t22-,23+,24+/m0/s1. The molecule has 6 nitrogen and oxygen atoms in total. The van der Waals surface area contributed by atoms with Crippen LogP contribution in [0.15, 0.2) is 83.5 Å². The molecule has 164 valence electrons. The Morgan fingerprint density at radius 2 is 1.61 bits per heavy atom. The molecule has 2 aromatic carbocycles. The highest BCUT2D eigenvalue weighted by Gasteiger charge is 2.48. The Morgan fingerprint density at radius 3 is 2.26 bits per heavy atom. The van der Waals surface area contributed by atoms with Gasteiger partial charge < -0.3 is 23.8 Å². The molecule has 3 atom stereocenters. The summed E-state index contributed by atoms with van der Waals surface area (Å²) in [6.45, 7) is 4.88. The van der Waals surface area contributed by atoms with Gasteiger partial charge in [0.25, 0.3) is 0 Å². The molecule has 0 spiro atoms. The van der Waals surface area contributed by atoms with Crippen molar-refractivity contribution in [3.8, 4) is 0 Å². The molecule has 1 aliphatic heterocycles. The lowest BCUT2D eigenvalue weighted by Gasteiger charge is -2.31. The smallest absolute Gasteiger partial charge is 0.163 e. The van der Waals surface area contributed by atoms with Crippen molar-refractivity contribution in [2.75, 3.05) is 6.61 Å². The fourth-order valence-electron chi connectivity index (χ4n) is 3.93. The number of hydroxylamine groups is 2. The van der Waals surface area contributed by atoms with E-state index in [2.05, 4.69) is 0 Å². The van der Waals surface area contributed by atoms with Gasteiger partial charge in [0.15, 0.2) is 5.79 Å². The zero-order valence-electron chi connectivity index (χ0n) is 17.9. The number of ether oxygens (including phenoxy) is 3. The van der Waals surface area contributed by atoms with Gasteiger partial charge in [0, 0.05) is 6.54 Å². The second kappa shape index (κ2) is 9.77. The molecule has 1 saturated heterocycles. The molecule has 0 amide bonds. The van der Waals surface area contributed by atoms with Crippen LogP contribution in [0.3, 0.4) is 0 Å². The lowest BCUT2D eigenvalue weighted by Crippen LogP contribution is -2.41. The average molecular weight is 424 g/mol. The minimum atomic E-state index is -0.802. The van der Waals surface area contributed by atoms with E-state index in [-0.39, 0.29) is 6.10 Å². The topological polar surface area (TPSA) is 64.3 Å². The number of furan rings is 1. The lowest BCUT2D eigenvalue weighted by molar-refractivity contribution is -0.194. The van der Waals surface area contributed by atoms with E-state index in [9.17, 15) is 5.21 Å². The first-order valence-corrected chi connectivity index (χ1v) is 10.5. The summed E-state index contributed by atoms with van der Waals surface area (Å²) >= 11 is 0. The second-order valence-electron chi connectivity index (χ2n) is 8.18. The Kier molecular flexibility index (Phi) is 6.85. The van der Waals surface area contributed by atoms with Crippen molar-refractivity contribution < 1.29 is 23.8 Å². The van der Waals surface area contributed by atoms with Crippen LogP contribution in [0.1, 0.15) is 36.8 Å². The molecule has 1 aliphatic rings. The summed E-state index contributed by atoms with van der Waals surface area (Å²) in [5.74, 6) is -0.193. The minimum Gasteiger partial charge on any atom is -0.467 e. The summed E-state index contributed by atoms with van der Waals surface area (Å²) in [6.07, 6.45) is 0.741. The number of nitrogens with zero attached hydrogens (tertiary/aromatic N) is 1. The van der Waals surface area contributed by atoms with Crippen LogP contribution < -0.4 is 0 Å². The molecule has 31 heavy (non-hydrogen) atoms. The molecule has 0 radical (unpaired) electrons. The molecule has 1 N–H and O–H groups in total. The third-order valence-electron chi connectivity index (χ3n) is 5.27. The fraction of sp³-hybridized carbons (Fsp3) is 0.360. The average Bonchev–Trinajstić information content (AvgIpc) is 3.38. The summed E-state index contributed by atoms with van der Waals surface area (Å²) in [7, 11) is 0. The normalized spacial score (nSPS) is 21.4. The maximum atomic E-state index is 11.1. The van der Waals surface area contributed by atoms with Gasteiger partial charge in [-0.05, 0) is 37.1 Å². The predicted molar refractivity (Wildman–Crippen MR) is 115 cm³/mol. The maximum absolute atomic E-state index is 11.1. The van der Waals surface area contributed by atoms with Crippen molar-refractivity contribution in [2.45, 2.75) is 51.0 Å². The Bertz CT molecular complexity index is 914. The summed E-state index contributed by atoms with van der Waals surface area (Å²) in [4.78, 5) is 0. The first kappa shape index (κ1) is 21.7. The van der Waals surface area contributed by atoms with Gasteiger partial charge in [-0.2, -0.15) is 5.06 Å². The van der Waals surface area contributed by atoms with E-state index >= 15 is 0 Å². The van der Waals surface area contributed by atoms with Crippen molar-refractivity contribution in [3.05, 3.63) is 95.9 Å². The number of hydrogen-bond acceptors (Lipinski definition) is 6. The first-order valence-electron chi connectivity index (χ1n) is 10.5. The highest BCUT2D eigenvalue weighted by Crippen LogP contribution is 2.38. The van der Waals surface area contributed by atoms with E-state index < -0.39 is 17.9 Å². The van der Waals surface area contributed by atoms with Gasteiger partial charge in [-0.25, -0.2) is 0 Å². The van der Waals surface area contributed by atoms with Gasteiger partial charge in [0.1, 0.15) is 24.0 Å². The van der Waals surface area contributed by atoms with Gasteiger partial charge in [-0.1, -0.05) is 60.7 Å². The summed E-state index contributed by atoms with van der Waals surface area (Å²) in [5.41, 5.74) is 2.07.